The molecule has 0 aliphatic rings. The lowest BCUT2D eigenvalue weighted by atomic mass is 10.2. The van der Waals surface area contributed by atoms with Crippen LogP contribution < -0.4 is 5.32 Å². The molecule has 0 saturated heterocycles. The Balaban J connectivity index is 2.47. The molecule has 0 saturated carbocycles. The van der Waals surface area contributed by atoms with Gasteiger partial charge < -0.3 is 20.1 Å². The van der Waals surface area contributed by atoms with Crippen molar-refractivity contribution in [2.75, 3.05) is 20.7 Å². The van der Waals surface area contributed by atoms with Crippen LogP contribution in [0.4, 0.5) is 4.79 Å². The summed E-state index contributed by atoms with van der Waals surface area (Å²) >= 11 is 6.04. The minimum atomic E-state index is -0.972. The number of carboxylic acids is 1. The highest BCUT2D eigenvalue weighted by molar-refractivity contribution is 6.31. The third-order valence-electron chi connectivity index (χ3n) is 2.93. The van der Waals surface area contributed by atoms with Crippen molar-refractivity contribution in [3.63, 3.8) is 0 Å². The van der Waals surface area contributed by atoms with E-state index in [1.165, 1.54) is 12.0 Å². The van der Waals surface area contributed by atoms with Crippen LogP contribution >= 0.6 is 11.6 Å². The number of amides is 2. The largest absolute Gasteiger partial charge is 0.481 e. The zero-order valence-corrected chi connectivity index (χ0v) is 12.8. The van der Waals surface area contributed by atoms with Crippen LogP contribution in [0.1, 0.15) is 12.0 Å². The molecule has 0 spiro atoms. The van der Waals surface area contributed by atoms with Gasteiger partial charge >= 0.3 is 12.0 Å². The van der Waals surface area contributed by atoms with E-state index in [9.17, 15) is 9.59 Å². The van der Waals surface area contributed by atoms with Crippen LogP contribution in [-0.2, 0) is 16.1 Å². The first-order chi connectivity index (χ1) is 9.93. The van der Waals surface area contributed by atoms with Crippen molar-refractivity contribution in [2.45, 2.75) is 19.1 Å². The number of aliphatic carboxylic acids is 1. The van der Waals surface area contributed by atoms with Crippen molar-refractivity contribution in [3.8, 4) is 0 Å². The number of methoxy groups -OCH3 is 1. The first-order valence-electron chi connectivity index (χ1n) is 6.41. The Hall–Kier alpha value is -1.79. The fourth-order valence-corrected chi connectivity index (χ4v) is 1.92. The monoisotopic (exact) mass is 314 g/mol. The van der Waals surface area contributed by atoms with Crippen LogP contribution in [-0.4, -0.2) is 48.8 Å². The predicted octanol–water partition coefficient (Wildman–Crippen LogP) is 1.97. The van der Waals surface area contributed by atoms with Crippen LogP contribution in [0.15, 0.2) is 24.3 Å². The Morgan fingerprint density at radius 1 is 1.43 bits per heavy atom. The Morgan fingerprint density at radius 3 is 2.67 bits per heavy atom. The Labute approximate surface area is 128 Å². The van der Waals surface area contributed by atoms with Gasteiger partial charge in [0.25, 0.3) is 0 Å². The van der Waals surface area contributed by atoms with Gasteiger partial charge in [-0.3, -0.25) is 4.79 Å². The average Bonchev–Trinajstić information content (AvgIpc) is 2.45. The van der Waals surface area contributed by atoms with Crippen molar-refractivity contribution in [2.24, 2.45) is 0 Å². The number of carbonyl (C=O) groups excluding carboxylic acids is 1. The van der Waals surface area contributed by atoms with Crippen LogP contribution in [0.3, 0.4) is 0 Å². The predicted molar refractivity (Wildman–Crippen MR) is 79.4 cm³/mol. The Morgan fingerprint density at radius 2 is 2.10 bits per heavy atom. The number of nitrogens with zero attached hydrogens (tertiary/aromatic N) is 1. The molecule has 1 rings (SSSR count). The molecule has 1 aromatic carbocycles. The minimum absolute atomic E-state index is 0.133. The number of hydrogen-bond acceptors (Lipinski definition) is 3. The van der Waals surface area contributed by atoms with E-state index in [1.54, 1.807) is 13.1 Å². The van der Waals surface area contributed by atoms with Gasteiger partial charge in [0.15, 0.2) is 0 Å². The van der Waals surface area contributed by atoms with Crippen LogP contribution in [0, 0.1) is 0 Å². The molecule has 7 heteroatoms. The van der Waals surface area contributed by atoms with E-state index >= 15 is 0 Å². The molecule has 21 heavy (non-hydrogen) atoms. The third-order valence-corrected chi connectivity index (χ3v) is 3.30. The summed E-state index contributed by atoms with van der Waals surface area (Å²) in [5, 5.41) is 11.9. The van der Waals surface area contributed by atoms with Crippen molar-refractivity contribution in [1.82, 2.24) is 10.2 Å². The summed E-state index contributed by atoms with van der Waals surface area (Å²) in [6.07, 6.45) is -0.717. The molecular weight excluding hydrogens is 296 g/mol. The Bertz CT molecular complexity index is 496. The molecule has 2 amide bonds. The molecule has 0 radical (unpaired) electrons. The molecule has 0 fully saturated rings. The lowest BCUT2D eigenvalue weighted by Crippen LogP contribution is -2.41. The molecule has 6 nitrogen and oxygen atoms in total. The highest BCUT2D eigenvalue weighted by atomic mass is 35.5. The minimum Gasteiger partial charge on any atom is -0.481 e. The number of hydrogen-bond donors (Lipinski definition) is 2. The van der Waals surface area contributed by atoms with Gasteiger partial charge in [-0.2, -0.15) is 0 Å². The fourth-order valence-electron chi connectivity index (χ4n) is 1.72. The van der Waals surface area contributed by atoms with Crippen LogP contribution in [0.25, 0.3) is 0 Å². The summed E-state index contributed by atoms with van der Waals surface area (Å²) < 4.78 is 4.99. The zero-order chi connectivity index (χ0) is 15.8. The zero-order valence-electron chi connectivity index (χ0n) is 12.0. The summed E-state index contributed by atoms with van der Waals surface area (Å²) in [6, 6.07) is 6.95. The summed E-state index contributed by atoms with van der Waals surface area (Å²) in [5.74, 6) is -0.972. The SMILES string of the molecule is COC(CNC(=O)N(C)Cc1ccccc1Cl)CC(=O)O. The molecule has 0 heterocycles. The van der Waals surface area contributed by atoms with E-state index in [2.05, 4.69) is 5.32 Å². The molecule has 0 aliphatic heterocycles. The summed E-state index contributed by atoms with van der Waals surface area (Å²) in [6.45, 7) is 0.497. The lowest BCUT2D eigenvalue weighted by Gasteiger charge is -2.20. The van der Waals surface area contributed by atoms with Crippen molar-refractivity contribution in [1.29, 1.82) is 0 Å². The quantitative estimate of drug-likeness (QED) is 0.806. The number of ether oxygens (including phenoxy) is 1. The lowest BCUT2D eigenvalue weighted by molar-refractivity contribution is -0.139. The maximum Gasteiger partial charge on any atom is 0.317 e. The summed E-state index contributed by atoms with van der Waals surface area (Å²) in [5.41, 5.74) is 0.839. The first-order valence-corrected chi connectivity index (χ1v) is 6.78. The van der Waals surface area contributed by atoms with Crippen LogP contribution in [0.5, 0.6) is 0 Å². The van der Waals surface area contributed by atoms with E-state index in [4.69, 9.17) is 21.4 Å². The molecule has 0 aliphatic carbocycles. The van der Waals surface area contributed by atoms with Gasteiger partial charge in [-0.15, -0.1) is 0 Å². The van der Waals surface area contributed by atoms with E-state index < -0.39 is 12.1 Å². The van der Waals surface area contributed by atoms with Gasteiger partial charge in [-0.05, 0) is 11.6 Å². The molecule has 0 aromatic heterocycles. The second-order valence-electron chi connectivity index (χ2n) is 4.59. The number of urea groups is 1. The summed E-state index contributed by atoms with van der Waals surface area (Å²) in [7, 11) is 3.05. The smallest absolute Gasteiger partial charge is 0.317 e. The Kier molecular flexibility index (Phi) is 6.98. The molecule has 0 bridgehead atoms. The average molecular weight is 315 g/mol. The normalized spacial score (nSPS) is 11.8. The van der Waals surface area contributed by atoms with Crippen molar-refractivity contribution >= 4 is 23.6 Å². The highest BCUT2D eigenvalue weighted by Crippen LogP contribution is 2.16. The van der Waals surface area contributed by atoms with E-state index in [0.717, 1.165) is 5.56 Å². The molecule has 2 N–H and O–H groups in total. The van der Waals surface area contributed by atoms with Crippen molar-refractivity contribution < 1.29 is 19.4 Å². The van der Waals surface area contributed by atoms with E-state index in [1.807, 2.05) is 18.2 Å². The van der Waals surface area contributed by atoms with Gasteiger partial charge in [-0.1, -0.05) is 29.8 Å². The summed E-state index contributed by atoms with van der Waals surface area (Å²) in [4.78, 5) is 24.0. The highest BCUT2D eigenvalue weighted by Gasteiger charge is 2.15. The number of nitrogens with one attached hydrogen (secondary N) is 1. The van der Waals surface area contributed by atoms with Gasteiger partial charge in [0, 0.05) is 32.3 Å². The molecule has 116 valence electrons. The standard InChI is InChI=1S/C14H19ClN2O4/c1-17(9-10-5-3-4-6-12(10)15)14(20)16-8-11(21-2)7-13(18)19/h3-6,11H,7-9H2,1-2H3,(H,16,20)(H,18,19). The fraction of sp³-hybridized carbons (Fsp3) is 0.429. The maximum atomic E-state index is 11.9. The molecule has 1 atom stereocenters. The van der Waals surface area contributed by atoms with Crippen LogP contribution in [0.2, 0.25) is 5.02 Å². The second-order valence-corrected chi connectivity index (χ2v) is 5.00. The topological polar surface area (TPSA) is 78.9 Å². The van der Waals surface area contributed by atoms with Gasteiger partial charge in [-0.25, -0.2) is 4.79 Å². The van der Waals surface area contributed by atoms with E-state index in [0.29, 0.717) is 11.6 Å². The van der Waals surface area contributed by atoms with Gasteiger partial charge in [0.2, 0.25) is 0 Å². The number of carboxylic acid groups (broad SMARTS) is 1. The molecule has 1 aromatic rings. The maximum absolute atomic E-state index is 11.9. The number of benzene rings is 1. The third kappa shape index (κ3) is 6.01. The van der Waals surface area contributed by atoms with E-state index in [-0.39, 0.29) is 19.0 Å². The molecule has 1 unspecified atom stereocenters. The van der Waals surface area contributed by atoms with Gasteiger partial charge in [0.05, 0.1) is 12.5 Å². The van der Waals surface area contributed by atoms with Gasteiger partial charge in [0.1, 0.15) is 0 Å². The number of carbonyl (C=O) groups is 2. The van der Waals surface area contributed by atoms with Crippen molar-refractivity contribution in [3.05, 3.63) is 34.9 Å². The number of rotatable bonds is 7. The molecular formula is C14H19ClN2O4. The number of halogens is 1. The second kappa shape index (κ2) is 8.49. The first kappa shape index (κ1) is 17.3.